The molecule has 5 rings (SSSR count). The Morgan fingerprint density at radius 2 is 1.24 bits per heavy atom. The van der Waals surface area contributed by atoms with Crippen LogP contribution in [-0.4, -0.2) is 64.4 Å². The van der Waals surface area contributed by atoms with Crippen molar-refractivity contribution >= 4 is 41.7 Å². The highest BCUT2D eigenvalue weighted by Gasteiger charge is 2.37. The monoisotopic (exact) mass is 563 g/mol. The van der Waals surface area contributed by atoms with Gasteiger partial charge in [0.05, 0.1) is 6.42 Å². The first kappa shape index (κ1) is 27.5. The SMILES string of the molecule is O=C(CC[C@@H](NC(=O)OCC1c2ccccc2-c2ccccc21)C(=O)ON1C(=O)CCC1=O)ON1C(=O)CCC1=O. The van der Waals surface area contributed by atoms with Gasteiger partial charge >= 0.3 is 18.0 Å². The minimum Gasteiger partial charge on any atom is -0.449 e. The number of rotatable bonds is 9. The molecule has 13 heteroatoms. The van der Waals surface area contributed by atoms with Crippen LogP contribution < -0.4 is 5.32 Å². The van der Waals surface area contributed by atoms with Gasteiger partial charge in [-0.15, -0.1) is 10.1 Å². The van der Waals surface area contributed by atoms with Gasteiger partial charge in [-0.2, -0.15) is 0 Å². The first-order valence-corrected chi connectivity index (χ1v) is 13.0. The topological polar surface area (TPSA) is 166 Å². The molecule has 1 N–H and O–H groups in total. The second-order valence-electron chi connectivity index (χ2n) is 9.60. The van der Waals surface area contributed by atoms with Gasteiger partial charge in [0, 0.05) is 31.6 Å². The van der Waals surface area contributed by atoms with E-state index in [-0.39, 0.29) is 38.2 Å². The van der Waals surface area contributed by atoms with Crippen LogP contribution in [0.25, 0.3) is 11.1 Å². The van der Waals surface area contributed by atoms with E-state index in [1.165, 1.54) is 0 Å². The summed E-state index contributed by atoms with van der Waals surface area (Å²) in [4.78, 5) is 94.9. The lowest BCUT2D eigenvalue weighted by molar-refractivity contribution is -0.200. The van der Waals surface area contributed by atoms with E-state index < -0.39 is 60.5 Å². The molecule has 0 unspecified atom stereocenters. The van der Waals surface area contributed by atoms with Crippen molar-refractivity contribution in [3.63, 3.8) is 0 Å². The first-order valence-electron chi connectivity index (χ1n) is 13.0. The van der Waals surface area contributed by atoms with Crippen LogP contribution >= 0.6 is 0 Å². The third-order valence-corrected chi connectivity index (χ3v) is 6.94. The summed E-state index contributed by atoms with van der Waals surface area (Å²) >= 11 is 0. The summed E-state index contributed by atoms with van der Waals surface area (Å²) in [6.45, 7) is -0.0635. The third kappa shape index (κ3) is 5.78. The Labute approximate surface area is 233 Å². The van der Waals surface area contributed by atoms with Crippen LogP contribution in [0, 0.1) is 0 Å². The van der Waals surface area contributed by atoms with Crippen LogP contribution in [0.1, 0.15) is 55.6 Å². The summed E-state index contributed by atoms with van der Waals surface area (Å²) in [7, 11) is 0. The number of ether oxygens (including phenoxy) is 1. The zero-order valence-electron chi connectivity index (χ0n) is 21.7. The molecule has 2 aromatic carbocycles. The molecule has 2 saturated heterocycles. The lowest BCUT2D eigenvalue weighted by Crippen LogP contribution is -2.46. The van der Waals surface area contributed by atoms with Crippen molar-refractivity contribution in [2.75, 3.05) is 6.61 Å². The highest BCUT2D eigenvalue weighted by molar-refractivity contribution is 6.02. The van der Waals surface area contributed by atoms with Gasteiger partial charge in [-0.1, -0.05) is 48.5 Å². The number of carbonyl (C=O) groups is 7. The van der Waals surface area contributed by atoms with Crippen molar-refractivity contribution in [3.8, 4) is 11.1 Å². The molecule has 2 aliphatic heterocycles. The normalized spacial score (nSPS) is 16.9. The average Bonchev–Trinajstić information content (AvgIpc) is 3.58. The fourth-order valence-electron chi connectivity index (χ4n) is 4.91. The third-order valence-electron chi connectivity index (χ3n) is 6.94. The smallest absolute Gasteiger partial charge is 0.407 e. The summed E-state index contributed by atoms with van der Waals surface area (Å²) in [6, 6.07) is 13.9. The van der Waals surface area contributed by atoms with E-state index in [9.17, 15) is 33.6 Å². The second-order valence-corrected chi connectivity index (χ2v) is 9.60. The van der Waals surface area contributed by atoms with E-state index in [1.807, 2.05) is 48.5 Å². The number of hydroxylamine groups is 4. The lowest BCUT2D eigenvalue weighted by Gasteiger charge is -2.21. The number of imide groups is 2. The average molecular weight is 564 g/mol. The number of benzene rings is 2. The van der Waals surface area contributed by atoms with Gasteiger partial charge < -0.3 is 19.7 Å². The largest absolute Gasteiger partial charge is 0.449 e. The molecule has 0 bridgehead atoms. The molecule has 0 radical (unpaired) electrons. The highest BCUT2D eigenvalue weighted by atomic mass is 16.7. The minimum absolute atomic E-state index is 0.0635. The van der Waals surface area contributed by atoms with Crippen LogP contribution in [0.2, 0.25) is 0 Å². The van der Waals surface area contributed by atoms with Crippen molar-refractivity contribution in [1.29, 1.82) is 0 Å². The molecule has 0 saturated carbocycles. The van der Waals surface area contributed by atoms with E-state index in [2.05, 4.69) is 5.32 Å². The summed E-state index contributed by atoms with van der Waals surface area (Å²) in [5, 5.41) is 2.99. The van der Waals surface area contributed by atoms with Gasteiger partial charge in [0.25, 0.3) is 23.6 Å². The van der Waals surface area contributed by atoms with E-state index in [0.29, 0.717) is 10.1 Å². The molecule has 41 heavy (non-hydrogen) atoms. The maximum atomic E-state index is 12.9. The summed E-state index contributed by atoms with van der Waals surface area (Å²) in [5.41, 5.74) is 3.98. The molecule has 13 nitrogen and oxygen atoms in total. The fourth-order valence-corrected chi connectivity index (χ4v) is 4.91. The Bertz CT molecular complexity index is 1380. The van der Waals surface area contributed by atoms with Crippen LogP contribution in [0.5, 0.6) is 0 Å². The van der Waals surface area contributed by atoms with Gasteiger partial charge in [0.2, 0.25) is 0 Å². The van der Waals surface area contributed by atoms with Crippen molar-refractivity contribution in [2.24, 2.45) is 0 Å². The van der Waals surface area contributed by atoms with Gasteiger partial charge in [-0.3, -0.25) is 19.2 Å². The molecule has 5 amide bonds. The van der Waals surface area contributed by atoms with E-state index in [0.717, 1.165) is 22.3 Å². The fraction of sp³-hybridized carbons (Fsp3) is 0.321. The molecule has 3 aliphatic rings. The Balaban J connectivity index is 1.24. The molecule has 0 aromatic heterocycles. The van der Waals surface area contributed by atoms with Crippen LogP contribution in [-0.2, 0) is 43.2 Å². The van der Waals surface area contributed by atoms with Crippen LogP contribution in [0.4, 0.5) is 4.79 Å². The minimum atomic E-state index is -1.54. The van der Waals surface area contributed by atoms with Crippen molar-refractivity contribution < 1.29 is 48.0 Å². The molecule has 2 aromatic rings. The molecule has 1 atom stereocenters. The summed E-state index contributed by atoms with van der Waals surface area (Å²) in [5.74, 6) is -5.28. The van der Waals surface area contributed by atoms with Crippen LogP contribution in [0.3, 0.4) is 0 Å². The van der Waals surface area contributed by atoms with E-state index in [1.54, 1.807) is 0 Å². The quantitative estimate of drug-likeness (QED) is 0.445. The number of nitrogens with one attached hydrogen (secondary N) is 1. The maximum Gasteiger partial charge on any atom is 0.407 e. The molecule has 2 heterocycles. The molecule has 0 spiro atoms. The van der Waals surface area contributed by atoms with Crippen molar-refractivity contribution in [2.45, 2.75) is 50.5 Å². The number of carbonyl (C=O) groups excluding carboxylic acids is 7. The standard InChI is InChI=1S/C28H25N3O10/c32-22-10-11-23(33)30(22)40-26(36)14-9-21(27(37)41-31-24(34)12-13-25(31)35)29-28(38)39-15-20-18-7-3-1-5-16(18)17-6-2-4-8-19(17)20/h1-8,20-21H,9-15H2,(H,29,38)/t21-/m1/s1. The summed E-state index contributed by atoms with van der Waals surface area (Å²) in [6.07, 6.45) is -2.41. The number of nitrogens with zero attached hydrogens (tertiary/aromatic N) is 2. The summed E-state index contributed by atoms with van der Waals surface area (Å²) < 4.78 is 5.46. The lowest BCUT2D eigenvalue weighted by atomic mass is 9.98. The Morgan fingerprint density at radius 1 is 0.756 bits per heavy atom. The van der Waals surface area contributed by atoms with Crippen molar-refractivity contribution in [3.05, 3.63) is 59.7 Å². The molecular weight excluding hydrogens is 538 g/mol. The van der Waals surface area contributed by atoms with Gasteiger partial charge in [0.1, 0.15) is 12.6 Å². The van der Waals surface area contributed by atoms with E-state index >= 15 is 0 Å². The van der Waals surface area contributed by atoms with Gasteiger partial charge in [-0.25, -0.2) is 14.4 Å². The highest BCUT2D eigenvalue weighted by Crippen LogP contribution is 2.44. The zero-order valence-corrected chi connectivity index (χ0v) is 21.7. The Hall–Kier alpha value is -5.07. The number of amides is 5. The molecule has 2 fully saturated rings. The molecular formula is C28H25N3O10. The van der Waals surface area contributed by atoms with Crippen molar-refractivity contribution in [1.82, 2.24) is 15.4 Å². The van der Waals surface area contributed by atoms with Gasteiger partial charge in [-0.05, 0) is 28.7 Å². The predicted octanol–water partition coefficient (Wildman–Crippen LogP) is 1.89. The molecule has 212 valence electrons. The second kappa shape index (κ2) is 11.6. The van der Waals surface area contributed by atoms with Gasteiger partial charge in [0.15, 0.2) is 0 Å². The number of hydrogen-bond acceptors (Lipinski definition) is 10. The number of alkyl carbamates (subject to hydrolysis) is 1. The number of fused-ring (bicyclic) bond motifs is 3. The Kier molecular flexibility index (Phi) is 7.77. The van der Waals surface area contributed by atoms with E-state index in [4.69, 9.17) is 14.4 Å². The molecule has 1 aliphatic carbocycles. The first-order chi connectivity index (χ1) is 19.7. The predicted molar refractivity (Wildman–Crippen MR) is 136 cm³/mol. The van der Waals surface area contributed by atoms with Crippen LogP contribution in [0.15, 0.2) is 48.5 Å². The maximum absolute atomic E-state index is 12.9. The zero-order chi connectivity index (χ0) is 29.1. The number of hydrogen-bond donors (Lipinski definition) is 1. The Morgan fingerprint density at radius 3 is 1.78 bits per heavy atom.